The van der Waals surface area contributed by atoms with Gasteiger partial charge in [-0.2, -0.15) is 0 Å². The van der Waals surface area contributed by atoms with Crippen molar-refractivity contribution in [2.24, 2.45) is 0 Å². The van der Waals surface area contributed by atoms with Crippen LogP contribution in [0.25, 0.3) is 0 Å². The van der Waals surface area contributed by atoms with Crippen LogP contribution in [0.4, 0.5) is 11.4 Å². The highest BCUT2D eigenvalue weighted by Gasteiger charge is 2.15. The maximum Gasteiger partial charge on any atom is 0.255 e. The second kappa shape index (κ2) is 7.29. The van der Waals surface area contributed by atoms with E-state index >= 15 is 0 Å². The molecule has 1 amide bonds. The average Bonchev–Trinajstić information content (AvgIpc) is 2.62. The Morgan fingerprint density at radius 2 is 1.87 bits per heavy atom. The van der Waals surface area contributed by atoms with Gasteiger partial charge in [-0.3, -0.25) is 4.79 Å². The van der Waals surface area contributed by atoms with Gasteiger partial charge in [0, 0.05) is 43.1 Å². The number of carbonyl (C=O) groups is 1. The molecule has 0 aromatic heterocycles. The Morgan fingerprint density at radius 1 is 1.13 bits per heavy atom. The average molecular weight is 309 g/mol. The third-order valence-electron chi connectivity index (χ3n) is 4.23. The fourth-order valence-electron chi connectivity index (χ4n) is 2.93. The van der Waals surface area contributed by atoms with Gasteiger partial charge in [0.25, 0.3) is 5.91 Å². The summed E-state index contributed by atoms with van der Waals surface area (Å²) in [5.74, 6) is -0.0417. The Labute approximate surface area is 137 Å². The van der Waals surface area contributed by atoms with Gasteiger partial charge in [0.2, 0.25) is 0 Å². The monoisotopic (exact) mass is 309 g/mol. The Bertz CT molecular complexity index is 664. The van der Waals surface area contributed by atoms with Crippen molar-refractivity contribution < 1.29 is 4.79 Å². The molecule has 1 aliphatic rings. The van der Waals surface area contributed by atoms with E-state index in [0.717, 1.165) is 49.4 Å². The number of carbonyl (C=O) groups excluding carboxylic acids is 1. The molecule has 23 heavy (non-hydrogen) atoms. The fraction of sp³-hybridized carbons (Fsp3) is 0.316. The highest BCUT2D eigenvalue weighted by molar-refractivity contribution is 6.05. The summed E-state index contributed by atoms with van der Waals surface area (Å²) in [6.45, 7) is 6.14. The minimum atomic E-state index is -0.0417. The van der Waals surface area contributed by atoms with E-state index in [1.807, 2.05) is 36.4 Å². The highest BCUT2D eigenvalue weighted by atomic mass is 16.1. The summed E-state index contributed by atoms with van der Waals surface area (Å²) in [5.41, 5.74) is 3.88. The molecule has 0 aliphatic carbocycles. The molecule has 0 atom stereocenters. The second-order valence-corrected chi connectivity index (χ2v) is 5.75. The molecular weight excluding hydrogens is 286 g/mol. The van der Waals surface area contributed by atoms with Gasteiger partial charge in [0.1, 0.15) is 0 Å². The molecular formula is C19H23N3O. The van der Waals surface area contributed by atoms with E-state index < -0.39 is 0 Å². The summed E-state index contributed by atoms with van der Waals surface area (Å²) in [7, 11) is 0. The SMILES string of the molecule is CCc1cc(N2CCNCC2)ccc1C(=O)Nc1ccccc1. The third kappa shape index (κ3) is 3.71. The minimum Gasteiger partial charge on any atom is -0.369 e. The largest absolute Gasteiger partial charge is 0.369 e. The van der Waals surface area contributed by atoms with Crippen molar-refractivity contribution in [2.75, 3.05) is 36.4 Å². The van der Waals surface area contributed by atoms with Crippen LogP contribution >= 0.6 is 0 Å². The molecule has 1 fully saturated rings. The summed E-state index contributed by atoms with van der Waals surface area (Å²) in [5, 5.41) is 6.33. The molecule has 2 aromatic carbocycles. The number of amides is 1. The molecule has 1 heterocycles. The maximum atomic E-state index is 12.5. The smallest absolute Gasteiger partial charge is 0.255 e. The lowest BCUT2D eigenvalue weighted by Gasteiger charge is -2.30. The Morgan fingerprint density at radius 3 is 2.57 bits per heavy atom. The standard InChI is InChI=1S/C19H23N3O/c1-2-15-14-17(22-12-10-20-11-13-22)8-9-18(15)19(23)21-16-6-4-3-5-7-16/h3-9,14,20H,2,10-13H2,1H3,(H,21,23). The molecule has 4 nitrogen and oxygen atoms in total. The van der Waals surface area contributed by atoms with Gasteiger partial charge >= 0.3 is 0 Å². The summed E-state index contributed by atoms with van der Waals surface area (Å²) in [6.07, 6.45) is 0.845. The van der Waals surface area contributed by atoms with Crippen LogP contribution in [0.3, 0.4) is 0 Å². The van der Waals surface area contributed by atoms with E-state index in [4.69, 9.17) is 0 Å². The molecule has 4 heteroatoms. The number of piperazine rings is 1. The fourth-order valence-corrected chi connectivity index (χ4v) is 2.93. The lowest BCUT2D eigenvalue weighted by atomic mass is 10.0. The Hall–Kier alpha value is -2.33. The Balaban J connectivity index is 1.80. The van der Waals surface area contributed by atoms with Gasteiger partial charge in [-0.05, 0) is 42.3 Å². The normalized spacial score (nSPS) is 14.6. The zero-order chi connectivity index (χ0) is 16.1. The number of nitrogens with one attached hydrogen (secondary N) is 2. The van der Waals surface area contributed by atoms with Crippen LogP contribution in [0.15, 0.2) is 48.5 Å². The maximum absolute atomic E-state index is 12.5. The van der Waals surface area contributed by atoms with Crippen LogP contribution in [0.5, 0.6) is 0 Å². The number of anilines is 2. The van der Waals surface area contributed by atoms with Crippen LogP contribution in [-0.2, 0) is 6.42 Å². The number of hydrogen-bond acceptors (Lipinski definition) is 3. The van der Waals surface area contributed by atoms with Crippen molar-refractivity contribution in [3.63, 3.8) is 0 Å². The number of nitrogens with zero attached hydrogens (tertiary/aromatic N) is 1. The molecule has 0 radical (unpaired) electrons. The van der Waals surface area contributed by atoms with E-state index in [9.17, 15) is 4.79 Å². The van der Waals surface area contributed by atoms with E-state index in [0.29, 0.717) is 0 Å². The van der Waals surface area contributed by atoms with Crippen molar-refractivity contribution in [3.05, 3.63) is 59.7 Å². The number of benzene rings is 2. The molecule has 0 unspecified atom stereocenters. The summed E-state index contributed by atoms with van der Waals surface area (Å²) < 4.78 is 0. The van der Waals surface area contributed by atoms with E-state index in [-0.39, 0.29) is 5.91 Å². The first-order valence-corrected chi connectivity index (χ1v) is 8.23. The first kappa shape index (κ1) is 15.6. The van der Waals surface area contributed by atoms with Crippen molar-refractivity contribution in [1.29, 1.82) is 0 Å². The molecule has 0 bridgehead atoms. The number of rotatable bonds is 4. The predicted octanol–water partition coefficient (Wildman–Crippen LogP) is 2.91. The first-order valence-electron chi connectivity index (χ1n) is 8.23. The minimum absolute atomic E-state index is 0.0417. The molecule has 2 N–H and O–H groups in total. The number of para-hydroxylation sites is 1. The molecule has 2 aromatic rings. The van der Waals surface area contributed by atoms with Gasteiger partial charge in [0.05, 0.1) is 0 Å². The van der Waals surface area contributed by atoms with E-state index in [1.165, 1.54) is 5.69 Å². The predicted molar refractivity (Wildman–Crippen MR) is 95.3 cm³/mol. The lowest BCUT2D eigenvalue weighted by molar-refractivity contribution is 0.102. The number of hydrogen-bond donors (Lipinski definition) is 2. The van der Waals surface area contributed by atoms with Gasteiger partial charge in [-0.1, -0.05) is 25.1 Å². The molecule has 120 valence electrons. The molecule has 0 spiro atoms. The van der Waals surface area contributed by atoms with Crippen LogP contribution in [0, 0.1) is 0 Å². The zero-order valence-electron chi connectivity index (χ0n) is 13.5. The topological polar surface area (TPSA) is 44.4 Å². The summed E-state index contributed by atoms with van der Waals surface area (Å²) >= 11 is 0. The van der Waals surface area contributed by atoms with Crippen molar-refractivity contribution in [2.45, 2.75) is 13.3 Å². The van der Waals surface area contributed by atoms with Crippen LogP contribution in [0.1, 0.15) is 22.8 Å². The van der Waals surface area contributed by atoms with Crippen LogP contribution < -0.4 is 15.5 Å². The molecule has 3 rings (SSSR count). The van der Waals surface area contributed by atoms with Crippen LogP contribution in [-0.4, -0.2) is 32.1 Å². The summed E-state index contributed by atoms with van der Waals surface area (Å²) in [6, 6.07) is 15.8. The number of aryl methyl sites for hydroxylation is 1. The van der Waals surface area contributed by atoms with Crippen LogP contribution in [0.2, 0.25) is 0 Å². The van der Waals surface area contributed by atoms with Crippen molar-refractivity contribution >= 4 is 17.3 Å². The summed E-state index contributed by atoms with van der Waals surface area (Å²) in [4.78, 5) is 14.9. The van der Waals surface area contributed by atoms with Gasteiger partial charge in [-0.25, -0.2) is 0 Å². The quantitative estimate of drug-likeness (QED) is 0.913. The van der Waals surface area contributed by atoms with E-state index in [2.05, 4.69) is 34.6 Å². The lowest BCUT2D eigenvalue weighted by Crippen LogP contribution is -2.43. The molecule has 1 aliphatic heterocycles. The molecule has 0 saturated carbocycles. The second-order valence-electron chi connectivity index (χ2n) is 5.75. The van der Waals surface area contributed by atoms with Gasteiger partial charge < -0.3 is 15.5 Å². The highest BCUT2D eigenvalue weighted by Crippen LogP contribution is 2.22. The zero-order valence-corrected chi connectivity index (χ0v) is 13.5. The van der Waals surface area contributed by atoms with E-state index in [1.54, 1.807) is 0 Å². The van der Waals surface area contributed by atoms with Gasteiger partial charge in [-0.15, -0.1) is 0 Å². The first-order chi connectivity index (χ1) is 11.3. The molecule has 1 saturated heterocycles. The third-order valence-corrected chi connectivity index (χ3v) is 4.23. The van der Waals surface area contributed by atoms with Crippen molar-refractivity contribution in [3.8, 4) is 0 Å². The van der Waals surface area contributed by atoms with Gasteiger partial charge in [0.15, 0.2) is 0 Å². The van der Waals surface area contributed by atoms with Crippen molar-refractivity contribution in [1.82, 2.24) is 5.32 Å². The Kier molecular flexibility index (Phi) is 4.93.